The first-order chi connectivity index (χ1) is 8.93. The molecular formula is C11H19N3O4S. The molecular weight excluding hydrogens is 270 g/mol. The van der Waals surface area contributed by atoms with Crippen molar-refractivity contribution < 1.29 is 19.7 Å². The Morgan fingerprint density at radius 2 is 2.11 bits per heavy atom. The normalized spacial score (nSPS) is 37.8. The van der Waals surface area contributed by atoms with E-state index >= 15 is 0 Å². The summed E-state index contributed by atoms with van der Waals surface area (Å²) in [6.45, 7) is 3.64. The molecule has 19 heavy (non-hydrogen) atoms. The van der Waals surface area contributed by atoms with E-state index in [1.54, 1.807) is 7.05 Å². The van der Waals surface area contributed by atoms with Gasteiger partial charge in [0.25, 0.3) is 5.91 Å². The van der Waals surface area contributed by atoms with Gasteiger partial charge in [-0.1, -0.05) is 11.8 Å². The van der Waals surface area contributed by atoms with Crippen molar-refractivity contribution in [3.8, 4) is 0 Å². The van der Waals surface area contributed by atoms with E-state index < -0.39 is 35.7 Å². The summed E-state index contributed by atoms with van der Waals surface area (Å²) in [7, 11) is 1.72. The Kier molecular flexibility index (Phi) is 4.34. The third-order valence-corrected chi connectivity index (χ3v) is 4.12. The first kappa shape index (κ1) is 14.6. The van der Waals surface area contributed by atoms with Crippen LogP contribution in [0.2, 0.25) is 0 Å². The number of aliphatic imine (C=N–C) groups is 1. The minimum atomic E-state index is -1.28. The van der Waals surface area contributed by atoms with Gasteiger partial charge in [0, 0.05) is 13.1 Å². The van der Waals surface area contributed by atoms with Crippen molar-refractivity contribution >= 4 is 22.8 Å². The lowest BCUT2D eigenvalue weighted by Crippen LogP contribution is -2.59. The van der Waals surface area contributed by atoms with Crippen LogP contribution in [0.25, 0.3) is 0 Å². The standard InChI is InChI=1S/C11H19N3O4S/c1-4(2)13-9(17)8-7(16)6(15)5-10(18-8)19-11(12-3)14-5/h4-8,10,15-16H,1-3H3,(H,12,14)(H,13,17)/t5-,6+,7-,8-,10-/m0/s1. The molecule has 5 atom stereocenters. The van der Waals surface area contributed by atoms with Gasteiger partial charge in [-0.2, -0.15) is 0 Å². The van der Waals surface area contributed by atoms with Gasteiger partial charge in [0.05, 0.1) is 0 Å². The Bertz CT molecular complexity index is 390. The maximum Gasteiger partial charge on any atom is 0.252 e. The van der Waals surface area contributed by atoms with Crippen LogP contribution in [-0.4, -0.2) is 64.2 Å². The van der Waals surface area contributed by atoms with Gasteiger partial charge < -0.3 is 25.6 Å². The molecule has 2 aliphatic heterocycles. The molecule has 2 aliphatic rings. The molecule has 0 unspecified atom stereocenters. The van der Waals surface area contributed by atoms with Crippen LogP contribution in [-0.2, 0) is 9.53 Å². The van der Waals surface area contributed by atoms with Gasteiger partial charge in [0.1, 0.15) is 23.7 Å². The highest BCUT2D eigenvalue weighted by atomic mass is 32.2. The lowest BCUT2D eigenvalue weighted by Gasteiger charge is -2.37. The number of fused-ring (bicyclic) bond motifs is 1. The minimum absolute atomic E-state index is 0.0569. The zero-order chi connectivity index (χ0) is 14.2. The van der Waals surface area contributed by atoms with Gasteiger partial charge in [-0.15, -0.1) is 0 Å². The highest BCUT2D eigenvalue weighted by Gasteiger charge is 2.50. The molecule has 2 rings (SSSR count). The predicted octanol–water partition coefficient (Wildman–Crippen LogP) is -1.35. The quantitative estimate of drug-likeness (QED) is 0.501. The van der Waals surface area contributed by atoms with Crippen LogP contribution >= 0.6 is 11.8 Å². The number of carbonyl (C=O) groups is 1. The highest BCUT2D eigenvalue weighted by Crippen LogP contribution is 2.35. The average molecular weight is 289 g/mol. The second-order valence-corrected chi connectivity index (χ2v) is 5.95. The molecule has 0 saturated carbocycles. The van der Waals surface area contributed by atoms with E-state index in [0.717, 1.165) is 0 Å². The molecule has 1 fully saturated rings. The Morgan fingerprint density at radius 3 is 2.68 bits per heavy atom. The molecule has 0 bridgehead atoms. The molecule has 1 saturated heterocycles. The van der Waals surface area contributed by atoms with Crippen LogP contribution in [0.15, 0.2) is 4.99 Å². The SMILES string of the molecule is CNC1=N[C@H]2[C@@H](O)[C@H](O)[C@@H](C(=O)NC(C)C)O[C@H]2S1. The molecule has 0 aromatic rings. The minimum Gasteiger partial charge on any atom is -0.388 e. The summed E-state index contributed by atoms with van der Waals surface area (Å²) in [5.74, 6) is -0.418. The van der Waals surface area contributed by atoms with E-state index in [-0.39, 0.29) is 6.04 Å². The number of hydrogen-bond acceptors (Lipinski definition) is 7. The Morgan fingerprint density at radius 1 is 1.42 bits per heavy atom. The van der Waals surface area contributed by atoms with Gasteiger partial charge in [0.15, 0.2) is 11.3 Å². The average Bonchev–Trinajstić information content (AvgIpc) is 2.76. The molecule has 2 heterocycles. The summed E-state index contributed by atoms with van der Waals surface area (Å²) in [5, 5.41) is 26.2. The van der Waals surface area contributed by atoms with Crippen molar-refractivity contribution in [2.24, 2.45) is 4.99 Å². The maximum absolute atomic E-state index is 11.9. The van der Waals surface area contributed by atoms with Gasteiger partial charge in [0.2, 0.25) is 0 Å². The topological polar surface area (TPSA) is 103 Å². The molecule has 4 N–H and O–H groups in total. The van der Waals surface area contributed by atoms with Crippen LogP contribution in [0.5, 0.6) is 0 Å². The Hall–Kier alpha value is -0.830. The number of nitrogens with one attached hydrogen (secondary N) is 2. The fourth-order valence-corrected chi connectivity index (χ4v) is 3.12. The second kappa shape index (κ2) is 5.66. The van der Waals surface area contributed by atoms with E-state index in [2.05, 4.69) is 15.6 Å². The summed E-state index contributed by atoms with van der Waals surface area (Å²) in [4.78, 5) is 16.2. The van der Waals surface area contributed by atoms with Crippen LogP contribution in [0, 0.1) is 0 Å². The molecule has 0 aromatic heterocycles. The summed E-state index contributed by atoms with van der Waals surface area (Å²) in [6.07, 6.45) is -3.46. The number of amides is 1. The van der Waals surface area contributed by atoms with Crippen molar-refractivity contribution in [3.05, 3.63) is 0 Å². The lowest BCUT2D eigenvalue weighted by molar-refractivity contribution is -0.171. The van der Waals surface area contributed by atoms with Crippen molar-refractivity contribution in [2.45, 2.75) is 49.7 Å². The number of aliphatic hydroxyl groups is 2. The van der Waals surface area contributed by atoms with Crippen molar-refractivity contribution in [1.29, 1.82) is 0 Å². The van der Waals surface area contributed by atoms with Crippen LogP contribution in [0.4, 0.5) is 0 Å². The smallest absolute Gasteiger partial charge is 0.252 e. The molecule has 0 radical (unpaired) electrons. The van der Waals surface area contributed by atoms with E-state index in [1.165, 1.54) is 11.8 Å². The van der Waals surface area contributed by atoms with E-state index in [9.17, 15) is 15.0 Å². The molecule has 0 aliphatic carbocycles. The zero-order valence-corrected chi connectivity index (χ0v) is 11.8. The number of hydrogen-bond donors (Lipinski definition) is 4. The Balaban J connectivity index is 2.09. The molecule has 108 valence electrons. The molecule has 0 aromatic carbocycles. The first-order valence-corrected chi connectivity index (χ1v) is 7.06. The zero-order valence-electron chi connectivity index (χ0n) is 11.0. The fraction of sp³-hybridized carbons (Fsp3) is 0.818. The van der Waals surface area contributed by atoms with E-state index in [4.69, 9.17) is 4.74 Å². The molecule has 1 amide bonds. The summed E-state index contributed by atoms with van der Waals surface area (Å²) in [5.41, 5.74) is -0.455. The van der Waals surface area contributed by atoms with Crippen molar-refractivity contribution in [3.63, 3.8) is 0 Å². The van der Waals surface area contributed by atoms with Crippen molar-refractivity contribution in [2.75, 3.05) is 7.05 Å². The van der Waals surface area contributed by atoms with Crippen LogP contribution in [0.1, 0.15) is 13.8 Å². The summed E-state index contributed by atoms with van der Waals surface area (Å²) < 4.78 is 5.57. The number of rotatable bonds is 2. The monoisotopic (exact) mass is 289 g/mol. The van der Waals surface area contributed by atoms with Gasteiger partial charge in [-0.25, -0.2) is 0 Å². The van der Waals surface area contributed by atoms with Gasteiger partial charge >= 0.3 is 0 Å². The molecule has 0 spiro atoms. The van der Waals surface area contributed by atoms with E-state index in [0.29, 0.717) is 5.17 Å². The molecule has 8 heteroatoms. The number of carbonyl (C=O) groups excluding carboxylic acids is 1. The Labute approximate surface area is 115 Å². The van der Waals surface area contributed by atoms with Crippen LogP contribution < -0.4 is 10.6 Å². The second-order valence-electron chi connectivity index (χ2n) is 4.86. The number of aliphatic hydroxyl groups excluding tert-OH is 2. The van der Waals surface area contributed by atoms with E-state index in [1.807, 2.05) is 13.8 Å². The number of thioether (sulfide) groups is 1. The lowest BCUT2D eigenvalue weighted by atomic mass is 9.97. The maximum atomic E-state index is 11.9. The van der Waals surface area contributed by atoms with Crippen molar-refractivity contribution in [1.82, 2.24) is 10.6 Å². The third-order valence-electron chi connectivity index (χ3n) is 2.97. The highest BCUT2D eigenvalue weighted by molar-refractivity contribution is 8.14. The first-order valence-electron chi connectivity index (χ1n) is 6.18. The molecule has 7 nitrogen and oxygen atoms in total. The number of nitrogens with zero attached hydrogens (tertiary/aromatic N) is 1. The summed E-state index contributed by atoms with van der Waals surface area (Å²) in [6, 6.07) is -0.607. The third kappa shape index (κ3) is 2.86. The predicted molar refractivity (Wildman–Crippen MR) is 71.8 cm³/mol. The van der Waals surface area contributed by atoms with Gasteiger partial charge in [-0.3, -0.25) is 9.79 Å². The van der Waals surface area contributed by atoms with Gasteiger partial charge in [-0.05, 0) is 13.8 Å². The van der Waals surface area contributed by atoms with Crippen LogP contribution in [0.3, 0.4) is 0 Å². The number of ether oxygens (including phenoxy) is 1. The number of amidine groups is 1. The summed E-state index contributed by atoms with van der Waals surface area (Å²) >= 11 is 1.31. The fourth-order valence-electron chi connectivity index (χ4n) is 2.07. The largest absolute Gasteiger partial charge is 0.388 e.